The van der Waals surface area contributed by atoms with Gasteiger partial charge in [0.1, 0.15) is 23.8 Å². The number of aromatic amines is 1. The van der Waals surface area contributed by atoms with Crippen LogP contribution in [0.5, 0.6) is 5.88 Å². The van der Waals surface area contributed by atoms with E-state index in [1.165, 1.54) is 6.07 Å². The maximum atomic E-state index is 14.7. The lowest BCUT2D eigenvalue weighted by atomic mass is 10.1. The predicted octanol–water partition coefficient (Wildman–Crippen LogP) is 2.42. The number of rotatable bonds is 3. The molecule has 1 aromatic carbocycles. The average Bonchev–Trinajstić information content (AvgIpc) is 3.46. The van der Waals surface area contributed by atoms with Crippen LogP contribution in [0.4, 0.5) is 4.39 Å². The van der Waals surface area contributed by atoms with Gasteiger partial charge in [0.25, 0.3) is 0 Å². The molecule has 3 aromatic heterocycles. The molecule has 4 aromatic rings. The molecule has 8 nitrogen and oxygen atoms in total. The molecule has 9 heteroatoms. The number of nitrogens with zero attached hydrogens (tertiary/aromatic N) is 2. The lowest BCUT2D eigenvalue weighted by molar-refractivity contribution is 0.00794. The molecule has 4 atom stereocenters. The Hall–Kier alpha value is -3.01. The fraction of sp³-hybridized carbons (Fsp3) is 0.300. The SMILES string of the molecule is O[C@@H]1CO[C@H]2[C@@H]1OC[C@H]2Oc1cc2nc(-c3nc4ccccc4o3)c(F)cc2[nH]1. The number of hydrogen-bond donors (Lipinski definition) is 2. The van der Waals surface area contributed by atoms with Crippen molar-refractivity contribution in [3.63, 3.8) is 0 Å². The average molecular weight is 397 g/mol. The molecule has 0 amide bonds. The van der Waals surface area contributed by atoms with Crippen LogP contribution in [0, 0.1) is 5.82 Å². The second kappa shape index (κ2) is 6.24. The minimum atomic E-state index is -0.647. The molecule has 0 spiro atoms. The highest BCUT2D eigenvalue weighted by Crippen LogP contribution is 2.32. The summed E-state index contributed by atoms with van der Waals surface area (Å²) < 4.78 is 37.4. The lowest BCUT2D eigenvalue weighted by Gasteiger charge is -2.16. The van der Waals surface area contributed by atoms with Gasteiger partial charge >= 0.3 is 0 Å². The minimum Gasteiger partial charge on any atom is -0.470 e. The van der Waals surface area contributed by atoms with Crippen molar-refractivity contribution in [3.8, 4) is 17.5 Å². The van der Waals surface area contributed by atoms with Gasteiger partial charge in [-0.15, -0.1) is 0 Å². The van der Waals surface area contributed by atoms with Gasteiger partial charge in [0.05, 0.1) is 24.2 Å². The largest absolute Gasteiger partial charge is 0.470 e. The van der Waals surface area contributed by atoms with Crippen molar-refractivity contribution >= 4 is 22.1 Å². The maximum absolute atomic E-state index is 14.7. The highest BCUT2D eigenvalue weighted by atomic mass is 19.1. The van der Waals surface area contributed by atoms with Gasteiger partial charge in [-0.05, 0) is 12.1 Å². The van der Waals surface area contributed by atoms with E-state index in [9.17, 15) is 9.50 Å². The van der Waals surface area contributed by atoms with Gasteiger partial charge < -0.3 is 28.7 Å². The van der Waals surface area contributed by atoms with Crippen LogP contribution >= 0.6 is 0 Å². The van der Waals surface area contributed by atoms with Crippen LogP contribution in [-0.4, -0.2) is 57.7 Å². The molecule has 2 saturated heterocycles. The molecule has 0 bridgehead atoms. The Bertz CT molecular complexity index is 1190. The summed E-state index contributed by atoms with van der Waals surface area (Å²) in [5.74, 6) is -0.0144. The van der Waals surface area contributed by atoms with Gasteiger partial charge in [-0.25, -0.2) is 14.4 Å². The Kier molecular flexibility index (Phi) is 3.64. The molecule has 2 N–H and O–H groups in total. The van der Waals surface area contributed by atoms with Crippen LogP contribution < -0.4 is 4.74 Å². The first kappa shape index (κ1) is 16.9. The predicted molar refractivity (Wildman–Crippen MR) is 99.0 cm³/mol. The smallest absolute Gasteiger partial charge is 0.249 e. The molecular formula is C20H16FN3O5. The Morgan fingerprint density at radius 3 is 2.83 bits per heavy atom. The van der Waals surface area contributed by atoms with Crippen molar-refractivity contribution in [2.75, 3.05) is 13.2 Å². The van der Waals surface area contributed by atoms with Gasteiger partial charge in [-0.2, -0.15) is 0 Å². The second-order valence-corrected chi connectivity index (χ2v) is 7.19. The fourth-order valence-electron chi connectivity index (χ4n) is 3.90. The number of benzene rings is 1. The quantitative estimate of drug-likeness (QED) is 0.547. The third-order valence-corrected chi connectivity index (χ3v) is 5.29. The van der Waals surface area contributed by atoms with Crippen LogP contribution in [0.15, 0.2) is 40.8 Å². The minimum absolute atomic E-state index is 0.0331. The van der Waals surface area contributed by atoms with Gasteiger partial charge in [-0.3, -0.25) is 0 Å². The molecule has 0 aliphatic carbocycles. The molecule has 0 unspecified atom stereocenters. The zero-order chi connectivity index (χ0) is 19.5. The highest BCUT2D eigenvalue weighted by Gasteiger charge is 2.48. The summed E-state index contributed by atoms with van der Waals surface area (Å²) in [6.45, 7) is 0.528. The number of halogens is 1. The van der Waals surface area contributed by atoms with Gasteiger partial charge in [0.15, 0.2) is 29.1 Å². The van der Waals surface area contributed by atoms with E-state index in [0.29, 0.717) is 34.6 Å². The van der Waals surface area contributed by atoms with E-state index in [0.717, 1.165) is 0 Å². The monoisotopic (exact) mass is 397 g/mol. The van der Waals surface area contributed by atoms with Crippen molar-refractivity contribution < 1.29 is 28.1 Å². The third-order valence-electron chi connectivity index (χ3n) is 5.29. The molecule has 2 fully saturated rings. The Morgan fingerprint density at radius 2 is 1.93 bits per heavy atom. The van der Waals surface area contributed by atoms with Crippen molar-refractivity contribution in [2.45, 2.75) is 24.4 Å². The zero-order valence-corrected chi connectivity index (χ0v) is 15.0. The molecule has 2 aliphatic rings. The standard InChI is InChI=1S/C20H16FN3O5/c21-9-5-11-12(23-17(9)20-24-10-3-1-2-4-14(10)29-20)6-16(22-11)28-15-8-27-18-13(25)7-26-19(15)18/h1-6,13,15,18-19,22,25H,7-8H2/t13-,15-,18-,19-/m1/s1. The summed E-state index contributed by atoms with van der Waals surface area (Å²) in [5, 5.41) is 9.84. The first-order chi connectivity index (χ1) is 14.2. The van der Waals surface area contributed by atoms with Gasteiger partial charge in [-0.1, -0.05) is 12.1 Å². The summed E-state index contributed by atoms with van der Waals surface area (Å²) in [7, 11) is 0. The Morgan fingerprint density at radius 1 is 1.07 bits per heavy atom. The molecule has 2 aliphatic heterocycles. The number of aromatic nitrogens is 3. The summed E-state index contributed by atoms with van der Waals surface area (Å²) in [6, 6.07) is 10.2. The van der Waals surface area contributed by atoms with Crippen molar-refractivity contribution in [2.24, 2.45) is 0 Å². The first-order valence-corrected chi connectivity index (χ1v) is 9.29. The Labute approximate surface area is 163 Å². The van der Waals surface area contributed by atoms with E-state index in [1.807, 2.05) is 12.1 Å². The molecular weight excluding hydrogens is 381 g/mol. The van der Waals surface area contributed by atoms with Crippen LogP contribution in [0.2, 0.25) is 0 Å². The molecule has 148 valence electrons. The number of ether oxygens (including phenoxy) is 3. The lowest BCUT2D eigenvalue weighted by Crippen LogP contribution is -2.34. The van der Waals surface area contributed by atoms with Crippen molar-refractivity contribution in [1.82, 2.24) is 15.0 Å². The topological polar surface area (TPSA) is 103 Å². The van der Waals surface area contributed by atoms with Crippen molar-refractivity contribution in [3.05, 3.63) is 42.2 Å². The Balaban J connectivity index is 1.32. The fourth-order valence-corrected chi connectivity index (χ4v) is 3.90. The number of fused-ring (bicyclic) bond motifs is 3. The number of nitrogens with one attached hydrogen (secondary N) is 1. The summed E-state index contributed by atoms with van der Waals surface area (Å²) in [5.41, 5.74) is 2.24. The van der Waals surface area contributed by atoms with E-state index in [-0.39, 0.29) is 36.5 Å². The third kappa shape index (κ3) is 2.70. The van der Waals surface area contributed by atoms with Crippen LogP contribution in [0.3, 0.4) is 0 Å². The van der Waals surface area contributed by atoms with Crippen LogP contribution in [0.25, 0.3) is 33.7 Å². The molecule has 6 rings (SSSR count). The van der Waals surface area contributed by atoms with E-state index < -0.39 is 11.9 Å². The number of hydrogen-bond acceptors (Lipinski definition) is 7. The number of oxazole rings is 1. The number of aliphatic hydroxyl groups excluding tert-OH is 1. The van der Waals surface area contributed by atoms with Gasteiger partial charge in [0, 0.05) is 12.1 Å². The normalized spacial score (nSPS) is 26.4. The van der Waals surface area contributed by atoms with Crippen LogP contribution in [0.1, 0.15) is 0 Å². The van der Waals surface area contributed by atoms with E-state index in [4.69, 9.17) is 18.6 Å². The van der Waals surface area contributed by atoms with Crippen molar-refractivity contribution in [1.29, 1.82) is 0 Å². The summed E-state index contributed by atoms with van der Waals surface area (Å²) in [6.07, 6.45) is -1.74. The number of para-hydroxylation sites is 2. The highest BCUT2D eigenvalue weighted by molar-refractivity contribution is 5.81. The first-order valence-electron chi connectivity index (χ1n) is 9.29. The van der Waals surface area contributed by atoms with Gasteiger partial charge in [0.2, 0.25) is 5.89 Å². The maximum Gasteiger partial charge on any atom is 0.249 e. The molecule has 0 saturated carbocycles. The van der Waals surface area contributed by atoms with E-state index >= 15 is 0 Å². The second-order valence-electron chi connectivity index (χ2n) is 7.19. The van der Waals surface area contributed by atoms with Crippen LogP contribution in [-0.2, 0) is 9.47 Å². The molecule has 5 heterocycles. The summed E-state index contributed by atoms with van der Waals surface area (Å²) in [4.78, 5) is 11.7. The zero-order valence-electron chi connectivity index (χ0n) is 15.0. The number of pyridine rings is 1. The molecule has 29 heavy (non-hydrogen) atoms. The number of H-pyrrole nitrogens is 1. The van der Waals surface area contributed by atoms with E-state index in [2.05, 4.69) is 15.0 Å². The molecule has 0 radical (unpaired) electrons. The number of aliphatic hydroxyl groups is 1. The summed E-state index contributed by atoms with van der Waals surface area (Å²) >= 11 is 0. The van der Waals surface area contributed by atoms with E-state index in [1.54, 1.807) is 18.2 Å².